The van der Waals surface area contributed by atoms with Crippen LogP contribution in [0.15, 0.2) is 60.7 Å². The zero-order chi connectivity index (χ0) is 14.4. The molecule has 0 amide bonds. The molecular weight excluding hydrogens is 282 g/mol. The maximum atomic E-state index is 11.4. The molecule has 0 saturated carbocycles. The van der Waals surface area contributed by atoms with Gasteiger partial charge in [-0.3, -0.25) is 0 Å². The second kappa shape index (κ2) is 8.18. The van der Waals surface area contributed by atoms with E-state index in [-0.39, 0.29) is 18.3 Å². The molecule has 0 aliphatic heterocycles. The molecule has 0 heterocycles. The van der Waals surface area contributed by atoms with Gasteiger partial charge in [0.05, 0.1) is 0 Å². The fourth-order valence-corrected chi connectivity index (χ4v) is 2.63. The molecule has 0 radical (unpaired) electrons. The average Bonchev–Trinajstić information content (AvgIpc) is 2.53. The van der Waals surface area contributed by atoms with E-state index < -0.39 is 5.60 Å². The molecule has 0 bridgehead atoms. The van der Waals surface area contributed by atoms with Crippen molar-refractivity contribution in [2.24, 2.45) is 5.92 Å². The zero-order valence-electron chi connectivity index (χ0n) is 12.6. The Morgan fingerprint density at radius 3 is 1.76 bits per heavy atom. The topological polar surface area (TPSA) is 32.3 Å². The van der Waals surface area contributed by atoms with Gasteiger partial charge in [-0.15, -0.1) is 12.4 Å². The lowest BCUT2D eigenvalue weighted by Crippen LogP contribution is -2.40. The summed E-state index contributed by atoms with van der Waals surface area (Å²) in [6, 6.07) is 19.8. The first-order valence-electron chi connectivity index (χ1n) is 7.23. The Morgan fingerprint density at radius 2 is 1.38 bits per heavy atom. The lowest BCUT2D eigenvalue weighted by Gasteiger charge is -2.35. The molecule has 0 fully saturated rings. The van der Waals surface area contributed by atoms with Crippen LogP contribution in [0.25, 0.3) is 0 Å². The number of hydrogen-bond donors (Lipinski definition) is 2. The van der Waals surface area contributed by atoms with E-state index in [0.717, 1.165) is 24.2 Å². The summed E-state index contributed by atoms with van der Waals surface area (Å²) in [5, 5.41) is 14.7. The Kier molecular flexibility index (Phi) is 6.90. The Balaban J connectivity index is 0.00000220. The third-order valence-electron chi connectivity index (χ3n) is 3.84. The standard InChI is InChI=1S/C18H23NO.ClH/c1-3-19-14-15(2)18(20,16-10-6-4-7-11-16)17-12-8-5-9-13-17;/h4-13,15,19-20H,3,14H2,1-2H3;1H. The number of nitrogens with one attached hydrogen (secondary N) is 1. The minimum atomic E-state index is -0.968. The summed E-state index contributed by atoms with van der Waals surface area (Å²) in [6.45, 7) is 5.85. The predicted molar refractivity (Wildman–Crippen MR) is 90.8 cm³/mol. The number of aliphatic hydroxyl groups is 1. The van der Waals surface area contributed by atoms with Crippen LogP contribution in [0, 0.1) is 5.92 Å². The van der Waals surface area contributed by atoms with Crippen molar-refractivity contribution in [3.05, 3.63) is 71.8 Å². The van der Waals surface area contributed by atoms with E-state index in [1.54, 1.807) is 0 Å². The van der Waals surface area contributed by atoms with Gasteiger partial charge >= 0.3 is 0 Å². The molecule has 114 valence electrons. The van der Waals surface area contributed by atoms with Gasteiger partial charge in [0.25, 0.3) is 0 Å². The Labute approximate surface area is 133 Å². The predicted octanol–water partition coefficient (Wildman–Crippen LogP) is 3.59. The first-order valence-corrected chi connectivity index (χ1v) is 7.23. The van der Waals surface area contributed by atoms with Crippen LogP contribution in [0.5, 0.6) is 0 Å². The number of hydrogen-bond acceptors (Lipinski definition) is 2. The van der Waals surface area contributed by atoms with E-state index in [4.69, 9.17) is 0 Å². The molecule has 3 heteroatoms. The van der Waals surface area contributed by atoms with Gasteiger partial charge in [-0.2, -0.15) is 0 Å². The number of benzene rings is 2. The van der Waals surface area contributed by atoms with E-state index in [1.807, 2.05) is 60.7 Å². The summed E-state index contributed by atoms with van der Waals surface area (Å²) in [5.74, 6) is 0.0762. The third-order valence-corrected chi connectivity index (χ3v) is 3.84. The number of halogens is 1. The third kappa shape index (κ3) is 3.85. The maximum absolute atomic E-state index is 11.4. The molecular formula is C18H24ClNO. The first kappa shape index (κ1) is 17.7. The highest BCUT2D eigenvalue weighted by Crippen LogP contribution is 2.36. The monoisotopic (exact) mass is 305 g/mol. The Bertz CT molecular complexity index is 476. The fourth-order valence-electron chi connectivity index (χ4n) is 2.63. The van der Waals surface area contributed by atoms with Gasteiger partial charge in [-0.1, -0.05) is 74.5 Å². The van der Waals surface area contributed by atoms with Crippen molar-refractivity contribution >= 4 is 12.4 Å². The van der Waals surface area contributed by atoms with E-state index in [1.165, 1.54) is 0 Å². The summed E-state index contributed by atoms with van der Waals surface area (Å²) in [7, 11) is 0. The summed E-state index contributed by atoms with van der Waals surface area (Å²) in [6.07, 6.45) is 0. The number of rotatable bonds is 6. The quantitative estimate of drug-likeness (QED) is 0.855. The molecule has 2 aromatic rings. The summed E-state index contributed by atoms with van der Waals surface area (Å²) in [5.41, 5.74) is 0.915. The molecule has 2 rings (SSSR count). The van der Waals surface area contributed by atoms with Crippen molar-refractivity contribution in [3.63, 3.8) is 0 Å². The average molecular weight is 306 g/mol. The molecule has 2 aromatic carbocycles. The second-order valence-corrected chi connectivity index (χ2v) is 5.21. The molecule has 2 nitrogen and oxygen atoms in total. The summed E-state index contributed by atoms with van der Waals surface area (Å²) in [4.78, 5) is 0. The Hall–Kier alpha value is -1.35. The van der Waals surface area contributed by atoms with Crippen LogP contribution in [-0.2, 0) is 5.60 Å². The van der Waals surface area contributed by atoms with Crippen molar-refractivity contribution in [3.8, 4) is 0 Å². The van der Waals surface area contributed by atoms with Gasteiger partial charge in [0.15, 0.2) is 0 Å². The highest BCUT2D eigenvalue weighted by Gasteiger charge is 2.36. The van der Waals surface area contributed by atoms with E-state index >= 15 is 0 Å². The fraction of sp³-hybridized carbons (Fsp3) is 0.333. The molecule has 0 aliphatic carbocycles. The molecule has 0 aliphatic rings. The van der Waals surface area contributed by atoms with Crippen LogP contribution in [0.3, 0.4) is 0 Å². The van der Waals surface area contributed by atoms with Crippen molar-refractivity contribution < 1.29 is 5.11 Å². The molecule has 1 atom stereocenters. The first-order chi connectivity index (χ1) is 9.69. The van der Waals surface area contributed by atoms with Crippen LogP contribution >= 0.6 is 12.4 Å². The SMILES string of the molecule is CCNCC(C)C(O)(c1ccccc1)c1ccccc1.Cl. The minimum Gasteiger partial charge on any atom is -0.380 e. The highest BCUT2D eigenvalue weighted by molar-refractivity contribution is 5.85. The minimum absolute atomic E-state index is 0. The van der Waals surface area contributed by atoms with Gasteiger partial charge in [-0.05, 0) is 17.7 Å². The molecule has 2 N–H and O–H groups in total. The highest BCUT2D eigenvalue weighted by atomic mass is 35.5. The van der Waals surface area contributed by atoms with Gasteiger partial charge in [-0.25, -0.2) is 0 Å². The lowest BCUT2D eigenvalue weighted by atomic mass is 9.77. The molecule has 0 aromatic heterocycles. The van der Waals surface area contributed by atoms with Crippen molar-refractivity contribution in [1.29, 1.82) is 0 Å². The van der Waals surface area contributed by atoms with Crippen LogP contribution < -0.4 is 5.32 Å². The van der Waals surface area contributed by atoms with Crippen molar-refractivity contribution in [1.82, 2.24) is 5.32 Å². The van der Waals surface area contributed by atoms with Gasteiger partial charge < -0.3 is 10.4 Å². The van der Waals surface area contributed by atoms with Crippen LogP contribution in [0.4, 0.5) is 0 Å². The van der Waals surface area contributed by atoms with Gasteiger partial charge in [0.2, 0.25) is 0 Å². The van der Waals surface area contributed by atoms with Crippen LogP contribution in [0.2, 0.25) is 0 Å². The maximum Gasteiger partial charge on any atom is 0.118 e. The molecule has 0 saturated heterocycles. The second-order valence-electron chi connectivity index (χ2n) is 5.21. The summed E-state index contributed by atoms with van der Waals surface area (Å²) >= 11 is 0. The van der Waals surface area contributed by atoms with Crippen LogP contribution in [0.1, 0.15) is 25.0 Å². The largest absolute Gasteiger partial charge is 0.380 e. The lowest BCUT2D eigenvalue weighted by molar-refractivity contribution is 0.0243. The summed E-state index contributed by atoms with van der Waals surface area (Å²) < 4.78 is 0. The smallest absolute Gasteiger partial charge is 0.118 e. The van der Waals surface area contributed by atoms with Crippen LogP contribution in [-0.4, -0.2) is 18.2 Å². The van der Waals surface area contributed by atoms with E-state index in [9.17, 15) is 5.11 Å². The van der Waals surface area contributed by atoms with Gasteiger partial charge in [0, 0.05) is 12.5 Å². The van der Waals surface area contributed by atoms with Crippen molar-refractivity contribution in [2.45, 2.75) is 19.4 Å². The normalized spacial score (nSPS) is 12.5. The van der Waals surface area contributed by atoms with Gasteiger partial charge in [0.1, 0.15) is 5.60 Å². The van der Waals surface area contributed by atoms with Crippen molar-refractivity contribution in [2.75, 3.05) is 13.1 Å². The molecule has 21 heavy (non-hydrogen) atoms. The molecule has 0 spiro atoms. The molecule has 1 unspecified atom stereocenters. The van der Waals surface area contributed by atoms with E-state index in [2.05, 4.69) is 19.2 Å². The Morgan fingerprint density at radius 1 is 0.952 bits per heavy atom. The zero-order valence-corrected chi connectivity index (χ0v) is 13.4. The van der Waals surface area contributed by atoms with E-state index in [0.29, 0.717) is 0 Å².